The fraction of sp³-hybridized carbons (Fsp3) is 0.643. The lowest BCUT2D eigenvalue weighted by molar-refractivity contribution is -0.126. The molecule has 0 aliphatic carbocycles. The van der Waals surface area contributed by atoms with E-state index in [1.54, 1.807) is 11.3 Å². The number of nitrogens with one attached hydrogen (secondary N) is 1. The van der Waals surface area contributed by atoms with E-state index in [0.29, 0.717) is 19.1 Å². The first-order chi connectivity index (χ1) is 9.61. The molecule has 3 N–H and O–H groups in total. The molecule has 1 fully saturated rings. The Hall–Kier alpha value is -0.620. The summed E-state index contributed by atoms with van der Waals surface area (Å²) in [6.45, 7) is 5.09. The largest absolute Gasteiger partial charge is 0.355 e. The van der Waals surface area contributed by atoms with Gasteiger partial charge in [-0.2, -0.15) is 0 Å². The molecular weight excluding hydrogens is 294 g/mol. The van der Waals surface area contributed by atoms with Crippen LogP contribution in [0.2, 0.25) is 4.34 Å². The fourth-order valence-electron chi connectivity index (χ4n) is 2.64. The van der Waals surface area contributed by atoms with Crippen molar-refractivity contribution >= 4 is 28.8 Å². The quantitative estimate of drug-likeness (QED) is 0.876. The van der Waals surface area contributed by atoms with Gasteiger partial charge in [-0.05, 0) is 38.4 Å². The summed E-state index contributed by atoms with van der Waals surface area (Å²) in [5, 5.41) is 2.90. The van der Waals surface area contributed by atoms with Gasteiger partial charge in [0.1, 0.15) is 0 Å². The average molecular weight is 316 g/mol. The van der Waals surface area contributed by atoms with Gasteiger partial charge in [-0.25, -0.2) is 0 Å². The molecule has 0 bridgehead atoms. The van der Waals surface area contributed by atoms with E-state index >= 15 is 0 Å². The van der Waals surface area contributed by atoms with E-state index < -0.39 is 0 Å². The lowest BCUT2D eigenvalue weighted by Gasteiger charge is -2.35. The van der Waals surface area contributed by atoms with Gasteiger partial charge in [-0.1, -0.05) is 11.6 Å². The maximum absolute atomic E-state index is 12.1. The molecule has 0 saturated carbocycles. The van der Waals surface area contributed by atoms with Crippen molar-refractivity contribution in [2.24, 2.45) is 11.7 Å². The minimum Gasteiger partial charge on any atom is -0.355 e. The highest BCUT2D eigenvalue weighted by molar-refractivity contribution is 7.16. The van der Waals surface area contributed by atoms with E-state index in [9.17, 15) is 4.79 Å². The number of carbonyl (C=O) groups is 1. The number of amides is 1. The van der Waals surface area contributed by atoms with Crippen molar-refractivity contribution in [1.29, 1.82) is 0 Å². The van der Waals surface area contributed by atoms with Crippen LogP contribution in [0.5, 0.6) is 0 Å². The highest BCUT2D eigenvalue weighted by Gasteiger charge is 2.28. The van der Waals surface area contributed by atoms with Crippen LogP contribution in [0.25, 0.3) is 0 Å². The molecule has 2 rings (SSSR count). The third-order valence-corrected chi connectivity index (χ3v) is 5.22. The van der Waals surface area contributed by atoms with Gasteiger partial charge in [-0.3, -0.25) is 9.69 Å². The lowest BCUT2D eigenvalue weighted by Crippen LogP contribution is -2.44. The molecule has 4 nitrogen and oxygen atoms in total. The van der Waals surface area contributed by atoms with Crippen molar-refractivity contribution in [3.8, 4) is 0 Å². The molecule has 1 aliphatic heterocycles. The van der Waals surface area contributed by atoms with Crippen LogP contribution in [0.1, 0.15) is 30.7 Å². The molecule has 0 spiro atoms. The molecule has 2 heterocycles. The summed E-state index contributed by atoms with van der Waals surface area (Å²) in [5.74, 6) is 0.213. The van der Waals surface area contributed by atoms with Gasteiger partial charge in [-0.15, -0.1) is 11.3 Å². The van der Waals surface area contributed by atoms with E-state index in [-0.39, 0.29) is 11.8 Å². The zero-order valence-electron chi connectivity index (χ0n) is 11.8. The Morgan fingerprint density at radius 3 is 3.10 bits per heavy atom. The number of hydrogen-bond donors (Lipinski definition) is 2. The van der Waals surface area contributed by atoms with Crippen LogP contribution < -0.4 is 11.1 Å². The number of thiophene rings is 1. The molecule has 0 radical (unpaired) electrons. The molecule has 20 heavy (non-hydrogen) atoms. The van der Waals surface area contributed by atoms with Gasteiger partial charge in [0.25, 0.3) is 0 Å². The van der Waals surface area contributed by atoms with E-state index in [2.05, 4.69) is 23.2 Å². The number of nitrogens with two attached hydrogens (primary N) is 1. The predicted molar refractivity (Wildman–Crippen MR) is 84.1 cm³/mol. The standard InChI is InChI=1S/C14H22ClN3OS/c1-10(12-4-5-13(15)20-12)18-8-2-3-11(9-18)14(19)17-7-6-16/h4-5,10-11H,2-3,6-9,16H2,1H3,(H,17,19). The second-order valence-corrected chi connectivity index (χ2v) is 6.98. The molecule has 1 saturated heterocycles. The third kappa shape index (κ3) is 3.95. The van der Waals surface area contributed by atoms with Crippen LogP contribution in [0.4, 0.5) is 0 Å². The average Bonchev–Trinajstić information content (AvgIpc) is 2.90. The monoisotopic (exact) mass is 315 g/mol. The Morgan fingerprint density at radius 1 is 1.65 bits per heavy atom. The van der Waals surface area contributed by atoms with Crippen LogP contribution >= 0.6 is 22.9 Å². The van der Waals surface area contributed by atoms with Crippen LogP contribution in [0.3, 0.4) is 0 Å². The molecule has 1 aromatic heterocycles. The number of piperidine rings is 1. The van der Waals surface area contributed by atoms with E-state index in [1.165, 1.54) is 4.88 Å². The molecule has 0 aromatic carbocycles. The smallest absolute Gasteiger partial charge is 0.224 e. The zero-order valence-corrected chi connectivity index (χ0v) is 13.3. The first kappa shape index (κ1) is 15.8. The predicted octanol–water partition coefficient (Wildman–Crippen LogP) is 2.25. The first-order valence-electron chi connectivity index (χ1n) is 7.09. The normalized spacial score (nSPS) is 21.6. The van der Waals surface area contributed by atoms with Crippen molar-refractivity contribution in [3.63, 3.8) is 0 Å². The van der Waals surface area contributed by atoms with Crippen molar-refractivity contribution in [2.45, 2.75) is 25.8 Å². The second-order valence-electron chi connectivity index (χ2n) is 5.23. The van der Waals surface area contributed by atoms with Crippen molar-refractivity contribution in [1.82, 2.24) is 10.2 Å². The summed E-state index contributed by atoms with van der Waals surface area (Å²) in [4.78, 5) is 15.7. The number of hydrogen-bond acceptors (Lipinski definition) is 4. The Balaban J connectivity index is 1.94. The summed E-state index contributed by atoms with van der Waals surface area (Å²) in [6, 6.07) is 4.33. The second kappa shape index (κ2) is 7.41. The van der Waals surface area contributed by atoms with Gasteiger partial charge in [0.2, 0.25) is 5.91 Å². The van der Waals surface area contributed by atoms with Crippen molar-refractivity contribution in [3.05, 3.63) is 21.3 Å². The van der Waals surface area contributed by atoms with Gasteiger partial charge in [0.05, 0.1) is 10.3 Å². The summed E-state index contributed by atoms with van der Waals surface area (Å²) in [5.41, 5.74) is 5.42. The highest BCUT2D eigenvalue weighted by Crippen LogP contribution is 2.32. The van der Waals surface area contributed by atoms with Gasteiger partial charge < -0.3 is 11.1 Å². The Bertz CT molecular complexity index is 451. The Kier molecular flexibility index (Phi) is 5.84. The topological polar surface area (TPSA) is 58.4 Å². The van der Waals surface area contributed by atoms with E-state index in [1.807, 2.05) is 6.07 Å². The number of nitrogens with zero attached hydrogens (tertiary/aromatic N) is 1. The summed E-state index contributed by atoms with van der Waals surface area (Å²) >= 11 is 7.62. The number of halogens is 1. The van der Waals surface area contributed by atoms with Crippen molar-refractivity contribution in [2.75, 3.05) is 26.2 Å². The first-order valence-corrected chi connectivity index (χ1v) is 8.28. The molecule has 1 amide bonds. The van der Waals surface area contributed by atoms with Gasteiger partial charge in [0, 0.05) is 30.6 Å². The lowest BCUT2D eigenvalue weighted by atomic mass is 9.95. The summed E-state index contributed by atoms with van der Waals surface area (Å²) < 4.78 is 0.820. The zero-order chi connectivity index (χ0) is 14.5. The van der Waals surface area contributed by atoms with Crippen LogP contribution in [0.15, 0.2) is 12.1 Å². The third-order valence-electron chi connectivity index (χ3n) is 3.82. The minimum atomic E-state index is 0.0770. The molecule has 2 unspecified atom stereocenters. The van der Waals surface area contributed by atoms with Crippen molar-refractivity contribution < 1.29 is 4.79 Å². The number of carbonyl (C=O) groups excluding carboxylic acids is 1. The Labute approximate surface area is 129 Å². The molecule has 1 aromatic rings. The van der Waals surface area contributed by atoms with E-state index in [0.717, 1.165) is 30.3 Å². The summed E-state index contributed by atoms with van der Waals surface area (Å²) in [6.07, 6.45) is 2.02. The number of likely N-dealkylation sites (tertiary alicyclic amines) is 1. The molecule has 6 heteroatoms. The molecule has 112 valence electrons. The van der Waals surface area contributed by atoms with Crippen LogP contribution in [0, 0.1) is 5.92 Å². The minimum absolute atomic E-state index is 0.0770. The van der Waals surface area contributed by atoms with Crippen LogP contribution in [-0.2, 0) is 4.79 Å². The maximum Gasteiger partial charge on any atom is 0.224 e. The SMILES string of the molecule is CC(c1ccc(Cl)s1)N1CCCC(C(=O)NCCN)C1. The van der Waals surface area contributed by atoms with Gasteiger partial charge in [0.15, 0.2) is 0 Å². The highest BCUT2D eigenvalue weighted by atomic mass is 35.5. The molecule has 1 aliphatic rings. The fourth-order valence-corrected chi connectivity index (χ4v) is 3.79. The Morgan fingerprint density at radius 2 is 2.45 bits per heavy atom. The molecule has 2 atom stereocenters. The van der Waals surface area contributed by atoms with E-state index in [4.69, 9.17) is 17.3 Å². The van der Waals surface area contributed by atoms with Crippen LogP contribution in [-0.4, -0.2) is 37.0 Å². The molecular formula is C14H22ClN3OS. The number of rotatable bonds is 5. The van der Waals surface area contributed by atoms with Gasteiger partial charge >= 0.3 is 0 Å². The maximum atomic E-state index is 12.1. The summed E-state index contributed by atoms with van der Waals surface area (Å²) in [7, 11) is 0.